The van der Waals surface area contributed by atoms with Crippen LogP contribution in [-0.2, 0) is 23.1 Å². The molecule has 90 valence electrons. The lowest BCUT2D eigenvalue weighted by Crippen LogP contribution is -2.35. The summed E-state index contributed by atoms with van der Waals surface area (Å²) in [7, 11) is 3.40. The van der Waals surface area contributed by atoms with Crippen LogP contribution in [-0.4, -0.2) is 47.7 Å². The molecular weight excluding hydrogens is 210 g/mol. The summed E-state index contributed by atoms with van der Waals surface area (Å²) in [5.41, 5.74) is 0.812. The Bertz CT molecular complexity index is 325. The summed E-state index contributed by atoms with van der Waals surface area (Å²) >= 11 is 0. The fourth-order valence-corrected chi connectivity index (χ4v) is 1.14. The van der Waals surface area contributed by atoms with Crippen molar-refractivity contribution in [1.29, 1.82) is 0 Å². The molecule has 1 amide bonds. The summed E-state index contributed by atoms with van der Waals surface area (Å²) in [4.78, 5) is 11.2. The first-order valence-electron chi connectivity index (χ1n) is 5.04. The van der Waals surface area contributed by atoms with Gasteiger partial charge in [-0.15, -0.1) is 5.10 Å². The maximum atomic E-state index is 11.2. The lowest BCUT2D eigenvalue weighted by Gasteiger charge is -2.04. The maximum Gasteiger partial charge on any atom is 0.234 e. The van der Waals surface area contributed by atoms with Crippen molar-refractivity contribution in [2.45, 2.75) is 6.54 Å². The lowest BCUT2D eigenvalue weighted by molar-refractivity contribution is -0.120. The first kappa shape index (κ1) is 12.6. The molecule has 0 radical (unpaired) electrons. The number of hydrogen-bond acceptors (Lipinski definition) is 5. The van der Waals surface area contributed by atoms with Crippen LogP contribution >= 0.6 is 0 Å². The van der Waals surface area contributed by atoms with Crippen molar-refractivity contribution in [2.24, 2.45) is 7.05 Å². The van der Waals surface area contributed by atoms with E-state index >= 15 is 0 Å². The van der Waals surface area contributed by atoms with Crippen molar-refractivity contribution in [3.05, 3.63) is 11.9 Å². The van der Waals surface area contributed by atoms with Gasteiger partial charge in [-0.2, -0.15) is 0 Å². The van der Waals surface area contributed by atoms with E-state index in [1.54, 1.807) is 25.0 Å². The molecule has 7 heteroatoms. The summed E-state index contributed by atoms with van der Waals surface area (Å²) in [6.07, 6.45) is 1.80. The Balaban J connectivity index is 2.08. The van der Waals surface area contributed by atoms with Gasteiger partial charge < -0.3 is 15.4 Å². The van der Waals surface area contributed by atoms with Gasteiger partial charge in [0.25, 0.3) is 0 Å². The topological polar surface area (TPSA) is 81.1 Å². The van der Waals surface area contributed by atoms with E-state index in [-0.39, 0.29) is 12.5 Å². The average molecular weight is 227 g/mol. The number of nitrogens with one attached hydrogen (secondary N) is 2. The van der Waals surface area contributed by atoms with Crippen molar-refractivity contribution < 1.29 is 9.53 Å². The van der Waals surface area contributed by atoms with Crippen LogP contribution in [0.3, 0.4) is 0 Å². The fourth-order valence-electron chi connectivity index (χ4n) is 1.14. The second kappa shape index (κ2) is 6.91. The highest BCUT2D eigenvalue weighted by molar-refractivity contribution is 5.77. The Morgan fingerprint density at radius 2 is 2.44 bits per heavy atom. The van der Waals surface area contributed by atoms with Gasteiger partial charge in [0.1, 0.15) is 0 Å². The third-order valence-corrected chi connectivity index (χ3v) is 1.87. The lowest BCUT2D eigenvalue weighted by atomic mass is 10.4. The second-order valence-electron chi connectivity index (χ2n) is 3.33. The number of amides is 1. The third-order valence-electron chi connectivity index (χ3n) is 1.87. The molecule has 2 N–H and O–H groups in total. The van der Waals surface area contributed by atoms with Gasteiger partial charge in [0, 0.05) is 33.4 Å². The number of aromatic nitrogens is 3. The normalized spacial score (nSPS) is 10.4. The zero-order valence-corrected chi connectivity index (χ0v) is 9.56. The number of carbonyl (C=O) groups excluding carboxylic acids is 1. The molecule has 0 aliphatic carbocycles. The van der Waals surface area contributed by atoms with Gasteiger partial charge in [-0.05, 0) is 0 Å². The van der Waals surface area contributed by atoms with E-state index in [2.05, 4.69) is 20.9 Å². The molecule has 1 rings (SSSR count). The van der Waals surface area contributed by atoms with E-state index in [0.717, 1.165) is 5.69 Å². The molecule has 1 aromatic rings. The molecule has 0 aromatic carbocycles. The summed E-state index contributed by atoms with van der Waals surface area (Å²) in [5.74, 6) is -0.0547. The number of carbonyl (C=O) groups is 1. The van der Waals surface area contributed by atoms with Crippen molar-refractivity contribution >= 4 is 5.91 Å². The molecule has 1 aromatic heterocycles. The molecule has 7 nitrogen and oxygen atoms in total. The number of ether oxygens (including phenoxy) is 1. The van der Waals surface area contributed by atoms with Crippen LogP contribution in [0.1, 0.15) is 5.69 Å². The molecule has 0 bridgehead atoms. The van der Waals surface area contributed by atoms with Gasteiger partial charge in [0.05, 0.1) is 18.8 Å². The van der Waals surface area contributed by atoms with Gasteiger partial charge in [-0.25, -0.2) is 0 Å². The number of methoxy groups -OCH3 is 1. The summed E-state index contributed by atoms with van der Waals surface area (Å²) in [5, 5.41) is 13.4. The quantitative estimate of drug-likeness (QED) is 0.564. The van der Waals surface area contributed by atoms with Crippen molar-refractivity contribution in [1.82, 2.24) is 25.6 Å². The highest BCUT2D eigenvalue weighted by Gasteiger charge is 2.01. The van der Waals surface area contributed by atoms with Crippen LogP contribution in [0.5, 0.6) is 0 Å². The third kappa shape index (κ3) is 4.85. The van der Waals surface area contributed by atoms with E-state index in [0.29, 0.717) is 19.7 Å². The highest BCUT2D eigenvalue weighted by Crippen LogP contribution is 1.88. The maximum absolute atomic E-state index is 11.2. The van der Waals surface area contributed by atoms with Crippen LogP contribution in [0, 0.1) is 0 Å². The number of hydrogen-bond donors (Lipinski definition) is 2. The minimum Gasteiger partial charge on any atom is -0.383 e. The molecule has 0 saturated heterocycles. The van der Waals surface area contributed by atoms with Crippen molar-refractivity contribution in [2.75, 3.05) is 26.8 Å². The second-order valence-corrected chi connectivity index (χ2v) is 3.33. The van der Waals surface area contributed by atoms with Crippen molar-refractivity contribution in [3.8, 4) is 0 Å². The van der Waals surface area contributed by atoms with Gasteiger partial charge in [-0.1, -0.05) is 5.21 Å². The molecule has 0 aliphatic rings. The number of aryl methyl sites for hydroxylation is 1. The first-order valence-corrected chi connectivity index (χ1v) is 5.04. The van der Waals surface area contributed by atoms with Crippen LogP contribution in [0.2, 0.25) is 0 Å². The van der Waals surface area contributed by atoms with Crippen molar-refractivity contribution in [3.63, 3.8) is 0 Å². The predicted octanol–water partition coefficient (Wildman–Crippen LogP) is -1.33. The zero-order valence-electron chi connectivity index (χ0n) is 9.56. The van der Waals surface area contributed by atoms with Gasteiger partial charge >= 0.3 is 0 Å². The summed E-state index contributed by atoms with van der Waals surface area (Å²) in [6.45, 7) is 1.85. The number of nitrogens with zero attached hydrogens (tertiary/aromatic N) is 3. The summed E-state index contributed by atoms with van der Waals surface area (Å²) in [6, 6.07) is 0. The Kier molecular flexibility index (Phi) is 5.44. The van der Waals surface area contributed by atoms with E-state index in [9.17, 15) is 4.79 Å². The fraction of sp³-hybridized carbons (Fsp3) is 0.667. The van der Waals surface area contributed by atoms with Crippen LogP contribution in [0.25, 0.3) is 0 Å². The van der Waals surface area contributed by atoms with Crippen LogP contribution < -0.4 is 10.6 Å². The van der Waals surface area contributed by atoms with Gasteiger partial charge in [0.2, 0.25) is 5.91 Å². The van der Waals surface area contributed by atoms with Crippen LogP contribution in [0.15, 0.2) is 6.20 Å². The molecular formula is C9H17N5O2. The Hall–Kier alpha value is -1.47. The average Bonchev–Trinajstić information content (AvgIpc) is 2.65. The Morgan fingerprint density at radius 3 is 3.06 bits per heavy atom. The molecule has 1 heterocycles. The van der Waals surface area contributed by atoms with E-state index < -0.39 is 0 Å². The van der Waals surface area contributed by atoms with E-state index in [1.165, 1.54) is 0 Å². The SMILES string of the molecule is COCCNC(=O)CNCc1cn(C)nn1. The Morgan fingerprint density at radius 1 is 1.62 bits per heavy atom. The standard InChI is InChI=1S/C9H17N5O2/c1-14-7-8(12-13-14)5-10-6-9(15)11-3-4-16-2/h7,10H,3-6H2,1-2H3,(H,11,15). The van der Waals surface area contributed by atoms with E-state index in [4.69, 9.17) is 4.74 Å². The smallest absolute Gasteiger partial charge is 0.234 e. The van der Waals surface area contributed by atoms with Gasteiger partial charge in [-0.3, -0.25) is 9.48 Å². The molecule has 0 unspecified atom stereocenters. The van der Waals surface area contributed by atoms with Crippen LogP contribution in [0.4, 0.5) is 0 Å². The van der Waals surface area contributed by atoms with Gasteiger partial charge in [0.15, 0.2) is 0 Å². The molecule has 16 heavy (non-hydrogen) atoms. The molecule has 0 atom stereocenters. The first-order chi connectivity index (χ1) is 7.72. The Labute approximate surface area is 94.2 Å². The largest absolute Gasteiger partial charge is 0.383 e. The molecule has 0 spiro atoms. The zero-order chi connectivity index (χ0) is 11.8. The number of rotatable bonds is 7. The predicted molar refractivity (Wildman–Crippen MR) is 57.6 cm³/mol. The van der Waals surface area contributed by atoms with E-state index in [1.807, 2.05) is 0 Å². The molecule has 0 fully saturated rings. The molecule has 0 aliphatic heterocycles. The minimum atomic E-state index is -0.0547. The minimum absolute atomic E-state index is 0.0547. The monoisotopic (exact) mass is 227 g/mol. The molecule has 0 saturated carbocycles. The summed E-state index contributed by atoms with van der Waals surface area (Å²) < 4.78 is 6.43. The highest BCUT2D eigenvalue weighted by atomic mass is 16.5.